The Hall–Kier alpha value is -0.770. The topological polar surface area (TPSA) is 47.3 Å². The van der Waals surface area contributed by atoms with Crippen molar-refractivity contribution in [2.45, 2.75) is 44.3 Å². The van der Waals surface area contributed by atoms with Crippen molar-refractivity contribution in [3.05, 3.63) is 28.8 Å². The van der Waals surface area contributed by atoms with Crippen molar-refractivity contribution in [3.8, 4) is 5.75 Å². The summed E-state index contributed by atoms with van der Waals surface area (Å²) in [6.07, 6.45) is 4.60. The van der Waals surface area contributed by atoms with Gasteiger partial charge in [-0.2, -0.15) is 0 Å². The third kappa shape index (κ3) is 3.37. The monoisotopic (exact) mass is 268 g/mol. The Morgan fingerprint density at radius 1 is 1.44 bits per heavy atom. The van der Waals surface area contributed by atoms with E-state index in [1.165, 1.54) is 12.8 Å². The van der Waals surface area contributed by atoms with E-state index in [1.54, 1.807) is 7.11 Å². The summed E-state index contributed by atoms with van der Waals surface area (Å²) < 4.78 is 5.34. The summed E-state index contributed by atoms with van der Waals surface area (Å²) in [5, 5.41) is 4.29. The normalized spacial score (nSPS) is 23.9. The van der Waals surface area contributed by atoms with Gasteiger partial charge in [-0.25, -0.2) is 0 Å². The van der Waals surface area contributed by atoms with Crippen LogP contribution in [0.1, 0.15) is 31.2 Å². The molecule has 3 nitrogen and oxygen atoms in total. The smallest absolute Gasteiger partial charge is 0.124 e. The highest BCUT2D eigenvalue weighted by Gasteiger charge is 2.19. The molecule has 3 N–H and O–H groups in total. The number of hydrogen-bond acceptors (Lipinski definition) is 3. The number of rotatable bonds is 4. The Bertz CT molecular complexity index is 397. The molecule has 1 fully saturated rings. The molecule has 0 spiro atoms. The van der Waals surface area contributed by atoms with E-state index in [4.69, 9.17) is 22.1 Å². The molecule has 0 aromatic heterocycles. The van der Waals surface area contributed by atoms with Crippen molar-refractivity contribution in [3.63, 3.8) is 0 Å². The average molecular weight is 269 g/mol. The second-order valence-corrected chi connectivity index (χ2v) is 5.33. The Labute approximate surface area is 114 Å². The molecule has 0 bridgehead atoms. The van der Waals surface area contributed by atoms with Crippen LogP contribution in [0.4, 0.5) is 0 Å². The van der Waals surface area contributed by atoms with Gasteiger partial charge in [-0.05, 0) is 31.4 Å². The van der Waals surface area contributed by atoms with E-state index in [0.717, 1.165) is 35.7 Å². The number of benzene rings is 1. The summed E-state index contributed by atoms with van der Waals surface area (Å²) in [4.78, 5) is 0. The fraction of sp³-hybridized carbons (Fsp3) is 0.571. The maximum Gasteiger partial charge on any atom is 0.124 e. The van der Waals surface area contributed by atoms with Gasteiger partial charge < -0.3 is 15.8 Å². The average Bonchev–Trinajstić information content (AvgIpc) is 2.37. The number of halogens is 1. The summed E-state index contributed by atoms with van der Waals surface area (Å²) in [7, 11) is 1.67. The van der Waals surface area contributed by atoms with Crippen molar-refractivity contribution < 1.29 is 4.74 Å². The van der Waals surface area contributed by atoms with Crippen molar-refractivity contribution in [1.82, 2.24) is 5.32 Å². The number of nitrogens with one attached hydrogen (secondary N) is 1. The van der Waals surface area contributed by atoms with Gasteiger partial charge in [0, 0.05) is 29.2 Å². The molecule has 100 valence electrons. The van der Waals surface area contributed by atoms with Crippen LogP contribution in [0.5, 0.6) is 5.75 Å². The Morgan fingerprint density at radius 3 is 3.00 bits per heavy atom. The van der Waals surface area contributed by atoms with E-state index in [1.807, 2.05) is 18.2 Å². The zero-order chi connectivity index (χ0) is 13.0. The van der Waals surface area contributed by atoms with Gasteiger partial charge in [0.2, 0.25) is 0 Å². The molecular formula is C14H21ClN2O. The lowest BCUT2D eigenvalue weighted by molar-refractivity contribution is 0.335. The van der Waals surface area contributed by atoms with Gasteiger partial charge in [-0.3, -0.25) is 0 Å². The van der Waals surface area contributed by atoms with Crippen molar-refractivity contribution in [2.24, 2.45) is 5.73 Å². The molecule has 2 atom stereocenters. The molecule has 2 rings (SSSR count). The molecule has 2 unspecified atom stereocenters. The van der Waals surface area contributed by atoms with Crippen LogP contribution in [-0.4, -0.2) is 19.2 Å². The fourth-order valence-electron chi connectivity index (χ4n) is 2.56. The first-order valence-corrected chi connectivity index (χ1v) is 6.89. The number of nitrogens with two attached hydrogens (primary N) is 1. The SMILES string of the molecule is COc1cccc(Cl)c1CNC1CCCC(N)C1. The molecule has 1 saturated carbocycles. The van der Waals surface area contributed by atoms with E-state index in [2.05, 4.69) is 5.32 Å². The summed E-state index contributed by atoms with van der Waals surface area (Å²) in [6, 6.07) is 6.57. The van der Waals surface area contributed by atoms with Gasteiger partial charge in [-0.1, -0.05) is 24.1 Å². The summed E-state index contributed by atoms with van der Waals surface area (Å²) in [5.41, 5.74) is 7.02. The zero-order valence-corrected chi connectivity index (χ0v) is 11.5. The van der Waals surface area contributed by atoms with Crippen LogP contribution in [0.25, 0.3) is 0 Å². The lowest BCUT2D eigenvalue weighted by Crippen LogP contribution is -2.39. The Morgan fingerprint density at radius 2 is 2.28 bits per heavy atom. The summed E-state index contributed by atoms with van der Waals surface area (Å²) in [6.45, 7) is 0.736. The molecule has 0 radical (unpaired) electrons. The highest BCUT2D eigenvalue weighted by atomic mass is 35.5. The number of methoxy groups -OCH3 is 1. The van der Waals surface area contributed by atoms with Crippen LogP contribution in [0, 0.1) is 0 Å². The minimum atomic E-state index is 0.337. The second kappa shape index (κ2) is 6.41. The largest absolute Gasteiger partial charge is 0.496 e. The van der Waals surface area contributed by atoms with Gasteiger partial charge in [-0.15, -0.1) is 0 Å². The minimum Gasteiger partial charge on any atom is -0.496 e. The van der Waals surface area contributed by atoms with E-state index >= 15 is 0 Å². The third-order valence-corrected chi connectivity index (χ3v) is 3.93. The molecule has 0 aliphatic heterocycles. The van der Waals surface area contributed by atoms with E-state index < -0.39 is 0 Å². The van der Waals surface area contributed by atoms with Crippen molar-refractivity contribution in [2.75, 3.05) is 7.11 Å². The van der Waals surface area contributed by atoms with E-state index in [0.29, 0.717) is 12.1 Å². The quantitative estimate of drug-likeness (QED) is 0.883. The number of ether oxygens (including phenoxy) is 1. The minimum absolute atomic E-state index is 0.337. The van der Waals surface area contributed by atoms with Crippen LogP contribution in [0.15, 0.2) is 18.2 Å². The number of hydrogen-bond donors (Lipinski definition) is 2. The Balaban J connectivity index is 1.97. The third-order valence-electron chi connectivity index (χ3n) is 3.58. The summed E-state index contributed by atoms with van der Waals surface area (Å²) in [5.74, 6) is 0.843. The molecule has 0 amide bonds. The van der Waals surface area contributed by atoms with Gasteiger partial charge in [0.15, 0.2) is 0 Å². The highest BCUT2D eigenvalue weighted by Crippen LogP contribution is 2.26. The zero-order valence-electron chi connectivity index (χ0n) is 10.8. The predicted molar refractivity (Wildman–Crippen MR) is 75.1 cm³/mol. The molecule has 4 heteroatoms. The lowest BCUT2D eigenvalue weighted by atomic mass is 9.91. The van der Waals surface area contributed by atoms with Crippen LogP contribution in [-0.2, 0) is 6.54 Å². The van der Waals surface area contributed by atoms with Crippen LogP contribution >= 0.6 is 11.6 Å². The lowest BCUT2D eigenvalue weighted by Gasteiger charge is -2.27. The van der Waals surface area contributed by atoms with Crippen LogP contribution in [0.2, 0.25) is 5.02 Å². The first kappa shape index (κ1) is 13.7. The van der Waals surface area contributed by atoms with Gasteiger partial charge >= 0.3 is 0 Å². The fourth-order valence-corrected chi connectivity index (χ4v) is 2.79. The van der Waals surface area contributed by atoms with Crippen LogP contribution < -0.4 is 15.8 Å². The Kier molecular flexibility index (Phi) is 4.87. The second-order valence-electron chi connectivity index (χ2n) is 4.93. The van der Waals surface area contributed by atoms with Gasteiger partial charge in [0.05, 0.1) is 7.11 Å². The molecule has 0 heterocycles. The standard InChI is InChI=1S/C14H21ClN2O/c1-18-14-7-3-6-13(15)12(14)9-17-11-5-2-4-10(16)8-11/h3,6-7,10-11,17H,2,4-5,8-9,16H2,1H3. The van der Waals surface area contributed by atoms with Crippen molar-refractivity contribution >= 4 is 11.6 Å². The molecule has 18 heavy (non-hydrogen) atoms. The first-order valence-electron chi connectivity index (χ1n) is 6.51. The molecular weight excluding hydrogens is 248 g/mol. The first-order chi connectivity index (χ1) is 8.70. The molecule has 0 saturated heterocycles. The van der Waals surface area contributed by atoms with Crippen molar-refractivity contribution in [1.29, 1.82) is 0 Å². The highest BCUT2D eigenvalue weighted by molar-refractivity contribution is 6.31. The van der Waals surface area contributed by atoms with E-state index in [9.17, 15) is 0 Å². The molecule has 1 aromatic carbocycles. The van der Waals surface area contributed by atoms with Gasteiger partial charge in [0.1, 0.15) is 5.75 Å². The molecule has 1 aliphatic rings. The molecule has 1 aliphatic carbocycles. The van der Waals surface area contributed by atoms with Gasteiger partial charge in [0.25, 0.3) is 0 Å². The molecule has 1 aromatic rings. The maximum absolute atomic E-state index is 6.21. The van der Waals surface area contributed by atoms with Crippen LogP contribution in [0.3, 0.4) is 0 Å². The maximum atomic E-state index is 6.21. The predicted octanol–water partition coefficient (Wildman–Crippen LogP) is 2.71. The summed E-state index contributed by atoms with van der Waals surface area (Å²) >= 11 is 6.21. The van der Waals surface area contributed by atoms with E-state index in [-0.39, 0.29) is 0 Å².